The Morgan fingerprint density at radius 1 is 0.739 bits per heavy atom. The first-order valence-electron chi connectivity index (χ1n) is 7.36. The number of benzene rings is 3. The topological polar surface area (TPSA) is 17.1 Å². The molecule has 0 radical (unpaired) electrons. The van der Waals surface area contributed by atoms with Gasteiger partial charge in [0.1, 0.15) is 0 Å². The van der Waals surface area contributed by atoms with E-state index in [-0.39, 0.29) is 5.78 Å². The van der Waals surface area contributed by atoms with Crippen molar-refractivity contribution < 1.29 is 4.79 Å². The van der Waals surface area contributed by atoms with Crippen LogP contribution in [0.25, 0.3) is 17.2 Å². The van der Waals surface area contributed by atoms with Crippen LogP contribution in [0.3, 0.4) is 0 Å². The summed E-state index contributed by atoms with van der Waals surface area (Å²) < 4.78 is 0. The molecule has 0 fully saturated rings. The van der Waals surface area contributed by atoms with E-state index in [2.05, 4.69) is 24.3 Å². The van der Waals surface area contributed by atoms with Gasteiger partial charge in [0.05, 0.1) is 0 Å². The summed E-state index contributed by atoms with van der Waals surface area (Å²) in [6.07, 6.45) is 3.41. The first-order valence-corrected chi connectivity index (χ1v) is 7.74. The molecule has 3 aromatic rings. The molecule has 0 saturated carbocycles. The average Bonchev–Trinajstić information content (AvgIpc) is 2.61. The van der Waals surface area contributed by atoms with E-state index in [0.717, 1.165) is 11.1 Å². The van der Waals surface area contributed by atoms with Crippen molar-refractivity contribution >= 4 is 23.5 Å². The molecule has 112 valence electrons. The standard InChI is InChI=1S/C21H15ClO/c22-20-13-11-19(12-14-20)21(23)15-8-16-6-9-18(10-7-16)17-4-2-1-3-5-17/h1-15H. The third-order valence-electron chi connectivity index (χ3n) is 3.57. The third kappa shape index (κ3) is 3.97. The summed E-state index contributed by atoms with van der Waals surface area (Å²) in [4.78, 5) is 12.1. The minimum Gasteiger partial charge on any atom is -0.289 e. The van der Waals surface area contributed by atoms with Crippen molar-refractivity contribution in [1.82, 2.24) is 0 Å². The molecule has 1 nitrogen and oxygen atoms in total. The predicted molar refractivity (Wildman–Crippen MR) is 96.7 cm³/mol. The van der Waals surface area contributed by atoms with Crippen molar-refractivity contribution in [2.24, 2.45) is 0 Å². The van der Waals surface area contributed by atoms with Crippen molar-refractivity contribution in [3.8, 4) is 11.1 Å². The molecular formula is C21H15ClO. The second-order valence-corrected chi connectivity index (χ2v) is 5.63. The van der Waals surface area contributed by atoms with Gasteiger partial charge in [-0.3, -0.25) is 4.79 Å². The molecular weight excluding hydrogens is 304 g/mol. The van der Waals surface area contributed by atoms with Crippen LogP contribution >= 0.6 is 11.6 Å². The van der Waals surface area contributed by atoms with E-state index < -0.39 is 0 Å². The largest absolute Gasteiger partial charge is 0.289 e. The Balaban J connectivity index is 1.73. The second-order valence-electron chi connectivity index (χ2n) is 5.19. The second kappa shape index (κ2) is 7.08. The zero-order valence-corrected chi connectivity index (χ0v) is 13.2. The lowest BCUT2D eigenvalue weighted by Crippen LogP contribution is -1.93. The Bertz CT molecular complexity index is 816. The third-order valence-corrected chi connectivity index (χ3v) is 3.83. The lowest BCUT2D eigenvalue weighted by Gasteiger charge is -2.02. The zero-order valence-electron chi connectivity index (χ0n) is 12.4. The number of halogens is 1. The van der Waals surface area contributed by atoms with Gasteiger partial charge in [0.25, 0.3) is 0 Å². The van der Waals surface area contributed by atoms with Gasteiger partial charge < -0.3 is 0 Å². The van der Waals surface area contributed by atoms with Crippen LogP contribution in [-0.4, -0.2) is 5.78 Å². The van der Waals surface area contributed by atoms with Crippen LogP contribution < -0.4 is 0 Å². The molecule has 0 N–H and O–H groups in total. The normalized spacial score (nSPS) is 10.8. The van der Waals surface area contributed by atoms with Crippen LogP contribution in [0.4, 0.5) is 0 Å². The van der Waals surface area contributed by atoms with Crippen molar-refractivity contribution in [1.29, 1.82) is 0 Å². The fourth-order valence-corrected chi connectivity index (χ4v) is 2.43. The molecule has 0 bridgehead atoms. The van der Waals surface area contributed by atoms with E-state index in [0.29, 0.717) is 10.6 Å². The highest BCUT2D eigenvalue weighted by Gasteiger charge is 2.01. The lowest BCUT2D eigenvalue weighted by molar-refractivity contribution is 0.104. The Morgan fingerprint density at radius 3 is 2.00 bits per heavy atom. The predicted octanol–water partition coefficient (Wildman–Crippen LogP) is 5.90. The molecule has 23 heavy (non-hydrogen) atoms. The van der Waals surface area contributed by atoms with Gasteiger partial charge in [0.15, 0.2) is 5.78 Å². The molecule has 0 aromatic heterocycles. The van der Waals surface area contributed by atoms with Crippen LogP contribution in [0, 0.1) is 0 Å². The molecule has 0 atom stereocenters. The van der Waals surface area contributed by atoms with E-state index in [1.54, 1.807) is 30.3 Å². The number of ketones is 1. The Morgan fingerprint density at radius 2 is 1.35 bits per heavy atom. The molecule has 0 spiro atoms. The monoisotopic (exact) mass is 318 g/mol. The maximum Gasteiger partial charge on any atom is 0.185 e. The lowest BCUT2D eigenvalue weighted by atomic mass is 10.0. The summed E-state index contributed by atoms with van der Waals surface area (Å²) >= 11 is 5.83. The van der Waals surface area contributed by atoms with Gasteiger partial charge in [0, 0.05) is 10.6 Å². The van der Waals surface area contributed by atoms with Gasteiger partial charge in [-0.2, -0.15) is 0 Å². The van der Waals surface area contributed by atoms with Crippen LogP contribution in [0.15, 0.2) is 84.9 Å². The van der Waals surface area contributed by atoms with E-state index in [9.17, 15) is 4.79 Å². The smallest absolute Gasteiger partial charge is 0.185 e. The summed E-state index contributed by atoms with van der Waals surface area (Å²) in [5, 5.41) is 0.627. The highest BCUT2D eigenvalue weighted by atomic mass is 35.5. The first kappa shape index (κ1) is 15.3. The molecule has 0 saturated heterocycles. The molecule has 0 aliphatic heterocycles. The summed E-state index contributed by atoms with van der Waals surface area (Å²) in [6.45, 7) is 0. The van der Waals surface area contributed by atoms with Crippen LogP contribution in [0.2, 0.25) is 5.02 Å². The van der Waals surface area contributed by atoms with Gasteiger partial charge >= 0.3 is 0 Å². The molecule has 0 amide bonds. The molecule has 2 heteroatoms. The Hall–Kier alpha value is -2.64. The van der Waals surface area contributed by atoms with E-state index in [4.69, 9.17) is 11.6 Å². The number of carbonyl (C=O) groups is 1. The van der Waals surface area contributed by atoms with Crippen molar-refractivity contribution in [3.05, 3.63) is 101 Å². The van der Waals surface area contributed by atoms with Gasteiger partial charge in [-0.25, -0.2) is 0 Å². The van der Waals surface area contributed by atoms with Crippen LogP contribution in [0.5, 0.6) is 0 Å². The van der Waals surface area contributed by atoms with Gasteiger partial charge in [0.2, 0.25) is 0 Å². The fourth-order valence-electron chi connectivity index (χ4n) is 2.30. The minimum atomic E-state index is -0.0335. The van der Waals surface area contributed by atoms with Crippen molar-refractivity contribution in [2.45, 2.75) is 0 Å². The number of hydrogen-bond acceptors (Lipinski definition) is 1. The zero-order chi connectivity index (χ0) is 16.1. The Kier molecular flexibility index (Phi) is 4.70. The summed E-state index contributed by atoms with van der Waals surface area (Å²) in [5.41, 5.74) is 3.96. The van der Waals surface area contributed by atoms with Gasteiger partial charge in [-0.05, 0) is 47.0 Å². The molecule has 3 aromatic carbocycles. The summed E-state index contributed by atoms with van der Waals surface area (Å²) in [7, 11) is 0. The maximum absolute atomic E-state index is 12.1. The van der Waals surface area contributed by atoms with Gasteiger partial charge in [-0.15, -0.1) is 0 Å². The molecule has 3 rings (SSSR count). The molecule has 0 unspecified atom stereocenters. The fraction of sp³-hybridized carbons (Fsp3) is 0. The SMILES string of the molecule is O=C(C=Cc1ccc(-c2ccccc2)cc1)c1ccc(Cl)cc1. The number of hydrogen-bond donors (Lipinski definition) is 0. The van der Waals surface area contributed by atoms with Crippen molar-refractivity contribution in [2.75, 3.05) is 0 Å². The molecule has 0 heterocycles. The average molecular weight is 319 g/mol. The number of carbonyl (C=O) groups excluding carboxylic acids is 1. The van der Waals surface area contributed by atoms with Crippen LogP contribution in [0.1, 0.15) is 15.9 Å². The molecule has 0 aliphatic carbocycles. The number of rotatable bonds is 4. The molecule has 0 aliphatic rings. The highest BCUT2D eigenvalue weighted by Crippen LogP contribution is 2.19. The highest BCUT2D eigenvalue weighted by molar-refractivity contribution is 6.30. The number of allylic oxidation sites excluding steroid dienone is 1. The summed E-state index contributed by atoms with van der Waals surface area (Å²) in [5.74, 6) is -0.0335. The van der Waals surface area contributed by atoms with Crippen molar-refractivity contribution in [3.63, 3.8) is 0 Å². The van der Waals surface area contributed by atoms with E-state index >= 15 is 0 Å². The minimum absolute atomic E-state index is 0.0335. The van der Waals surface area contributed by atoms with Gasteiger partial charge in [-0.1, -0.05) is 72.3 Å². The summed E-state index contributed by atoms with van der Waals surface area (Å²) in [6, 6.07) is 25.2. The van der Waals surface area contributed by atoms with E-state index in [1.165, 1.54) is 5.56 Å². The Labute approximate surface area is 140 Å². The van der Waals surface area contributed by atoms with E-state index in [1.807, 2.05) is 36.4 Å². The first-order chi connectivity index (χ1) is 11.2. The quantitative estimate of drug-likeness (QED) is 0.432. The van der Waals surface area contributed by atoms with Crippen LogP contribution in [-0.2, 0) is 0 Å². The maximum atomic E-state index is 12.1.